The molecule has 14 heteroatoms. The van der Waals surface area contributed by atoms with E-state index in [0.29, 0.717) is 55.6 Å². The Bertz CT molecular complexity index is 2020. The Morgan fingerprint density at radius 3 is 2.32 bits per heavy atom. The lowest BCUT2D eigenvalue weighted by Gasteiger charge is -2.36. The first kappa shape index (κ1) is 39.0. The average molecular weight is 773 g/mol. The predicted molar refractivity (Wildman–Crippen MR) is 204 cm³/mol. The highest BCUT2D eigenvalue weighted by Gasteiger charge is 2.41. The number of methoxy groups -OCH3 is 1. The number of amides is 3. The van der Waals surface area contributed by atoms with Gasteiger partial charge in [0.25, 0.3) is 5.91 Å². The molecule has 3 amide bonds. The Morgan fingerprint density at radius 1 is 0.893 bits per heavy atom. The number of benzene rings is 3. The minimum atomic E-state index is -4.57. The summed E-state index contributed by atoms with van der Waals surface area (Å²) in [7, 11) is 1.55. The molecular formula is C42H47F3N6O5. The third-order valence-corrected chi connectivity index (χ3v) is 11.6. The summed E-state index contributed by atoms with van der Waals surface area (Å²) in [5.41, 5.74) is 3.95. The molecule has 4 aliphatic rings. The summed E-state index contributed by atoms with van der Waals surface area (Å²) in [4.78, 5) is 45.8. The van der Waals surface area contributed by atoms with Crippen molar-refractivity contribution in [2.24, 2.45) is 0 Å². The van der Waals surface area contributed by atoms with E-state index in [1.165, 1.54) is 11.6 Å². The number of alkyl halides is 3. The summed E-state index contributed by atoms with van der Waals surface area (Å²) in [6.07, 6.45) is -0.474. The van der Waals surface area contributed by atoms with Gasteiger partial charge in [0.05, 0.1) is 36.5 Å². The van der Waals surface area contributed by atoms with Crippen molar-refractivity contribution < 1.29 is 37.0 Å². The van der Waals surface area contributed by atoms with Gasteiger partial charge in [0.2, 0.25) is 11.8 Å². The lowest BCUT2D eigenvalue weighted by molar-refractivity contribution is -0.138. The molecule has 296 valence electrons. The number of unbranched alkanes of at least 4 members (excludes halogenated alkanes) is 1. The number of nitrogens with one attached hydrogen (secondary N) is 1. The highest BCUT2D eigenvalue weighted by molar-refractivity contribution is 6.06. The topological polar surface area (TPSA) is 118 Å². The number of nitriles is 1. The van der Waals surface area contributed by atoms with E-state index in [4.69, 9.17) is 14.7 Å². The maximum absolute atomic E-state index is 13.5. The van der Waals surface area contributed by atoms with Crippen LogP contribution in [-0.4, -0.2) is 93.1 Å². The zero-order chi connectivity index (χ0) is 39.6. The standard InChI is InChI=1S/C42H47F3N6O5/c1-27-21-33(7-8-34(27)28-11-14-49(15-12-28)31-6-5-29(25-46)35(23-31)42(43,44)45)56-20-4-3-13-48-16-18-50(19-17-48)32-22-30-26-51(36-9-10-38(52)47-40(36)53)41(54)39(30)37(24-32)55-2/h5-8,21-24,28,36H,3-4,9-20,26H2,1-2H3,(H,47,52,53). The lowest BCUT2D eigenvalue weighted by atomic mass is 9.86. The molecular weight excluding hydrogens is 725 g/mol. The molecule has 3 fully saturated rings. The van der Waals surface area contributed by atoms with Crippen LogP contribution in [0.2, 0.25) is 0 Å². The normalized spacial score (nSPS) is 19.5. The molecule has 1 N–H and O–H groups in total. The van der Waals surface area contributed by atoms with Crippen molar-refractivity contribution in [2.45, 2.75) is 70.1 Å². The fourth-order valence-electron chi connectivity index (χ4n) is 8.56. The highest BCUT2D eigenvalue weighted by atomic mass is 19.4. The fraction of sp³-hybridized carbons (Fsp3) is 0.476. The van der Waals surface area contributed by atoms with Crippen LogP contribution < -0.4 is 24.6 Å². The highest BCUT2D eigenvalue weighted by Crippen LogP contribution is 2.39. The van der Waals surface area contributed by atoms with Crippen molar-refractivity contribution in [3.63, 3.8) is 0 Å². The summed E-state index contributed by atoms with van der Waals surface area (Å²) in [5, 5.41) is 11.5. The summed E-state index contributed by atoms with van der Waals surface area (Å²) in [5.74, 6) is 0.659. The fourth-order valence-corrected chi connectivity index (χ4v) is 8.56. The van der Waals surface area contributed by atoms with Gasteiger partial charge in [-0.3, -0.25) is 24.6 Å². The quantitative estimate of drug-likeness (QED) is 0.185. The molecule has 0 spiro atoms. The minimum Gasteiger partial charge on any atom is -0.496 e. The average Bonchev–Trinajstić information content (AvgIpc) is 3.52. The van der Waals surface area contributed by atoms with Gasteiger partial charge >= 0.3 is 6.18 Å². The lowest BCUT2D eigenvalue weighted by Crippen LogP contribution is -2.52. The van der Waals surface area contributed by atoms with Crippen LogP contribution in [0.4, 0.5) is 24.5 Å². The third-order valence-electron chi connectivity index (χ3n) is 11.6. The van der Waals surface area contributed by atoms with Crippen molar-refractivity contribution in [2.75, 3.05) is 69.3 Å². The van der Waals surface area contributed by atoms with Crippen LogP contribution in [0.25, 0.3) is 0 Å². The van der Waals surface area contributed by atoms with Crippen molar-refractivity contribution in [1.29, 1.82) is 5.26 Å². The molecule has 4 heterocycles. The summed E-state index contributed by atoms with van der Waals surface area (Å²) < 4.78 is 52.3. The number of hydrogen-bond donors (Lipinski definition) is 1. The molecule has 0 radical (unpaired) electrons. The van der Waals surface area contributed by atoms with Crippen molar-refractivity contribution in [1.82, 2.24) is 15.1 Å². The van der Waals surface area contributed by atoms with Gasteiger partial charge in [0.15, 0.2) is 0 Å². The Labute approximate surface area is 324 Å². The number of carbonyl (C=O) groups is 3. The molecule has 3 aromatic rings. The summed E-state index contributed by atoms with van der Waals surface area (Å²) in [6.45, 7) is 8.73. The zero-order valence-electron chi connectivity index (χ0n) is 31.8. The minimum absolute atomic E-state index is 0.210. The molecule has 1 unspecified atom stereocenters. The van der Waals surface area contributed by atoms with Gasteiger partial charge in [-0.05, 0) is 105 Å². The molecule has 56 heavy (non-hydrogen) atoms. The predicted octanol–water partition coefficient (Wildman–Crippen LogP) is 6.02. The van der Waals surface area contributed by atoms with E-state index in [-0.39, 0.29) is 23.8 Å². The molecule has 4 aliphatic heterocycles. The second-order valence-electron chi connectivity index (χ2n) is 15.1. The molecule has 7 rings (SSSR count). The Kier molecular flexibility index (Phi) is 11.4. The molecule has 0 aliphatic carbocycles. The van der Waals surface area contributed by atoms with Crippen LogP contribution in [-0.2, 0) is 22.3 Å². The van der Waals surface area contributed by atoms with Gasteiger partial charge in [-0.15, -0.1) is 0 Å². The maximum atomic E-state index is 13.5. The van der Waals surface area contributed by atoms with Gasteiger partial charge in [-0.2, -0.15) is 18.4 Å². The number of rotatable bonds is 11. The zero-order valence-corrected chi connectivity index (χ0v) is 31.8. The Balaban J connectivity index is 0.836. The van der Waals surface area contributed by atoms with E-state index < -0.39 is 23.7 Å². The van der Waals surface area contributed by atoms with Gasteiger partial charge in [-0.25, -0.2) is 0 Å². The first-order valence-corrected chi connectivity index (χ1v) is 19.4. The Morgan fingerprint density at radius 2 is 1.64 bits per heavy atom. The van der Waals surface area contributed by atoms with Crippen LogP contribution in [0.3, 0.4) is 0 Å². The number of hydrogen-bond acceptors (Lipinski definition) is 9. The van der Waals surface area contributed by atoms with E-state index in [9.17, 15) is 27.6 Å². The molecule has 3 saturated heterocycles. The summed E-state index contributed by atoms with van der Waals surface area (Å²) in [6, 6.07) is 15.1. The number of fused-ring (bicyclic) bond motifs is 1. The number of piperazine rings is 1. The Hall–Kier alpha value is -5.29. The molecule has 3 aromatic carbocycles. The van der Waals surface area contributed by atoms with Crippen LogP contribution in [0, 0.1) is 18.3 Å². The van der Waals surface area contributed by atoms with E-state index in [0.717, 1.165) is 87.0 Å². The van der Waals surface area contributed by atoms with Crippen LogP contribution >= 0.6 is 0 Å². The van der Waals surface area contributed by atoms with Gasteiger partial charge in [0, 0.05) is 69.7 Å². The van der Waals surface area contributed by atoms with Gasteiger partial charge in [0.1, 0.15) is 17.5 Å². The monoisotopic (exact) mass is 772 g/mol. The van der Waals surface area contributed by atoms with Crippen LogP contribution in [0.15, 0.2) is 48.5 Å². The van der Waals surface area contributed by atoms with E-state index in [1.54, 1.807) is 24.1 Å². The van der Waals surface area contributed by atoms with Gasteiger partial charge in [-0.1, -0.05) is 6.07 Å². The number of ether oxygens (including phenoxy) is 2. The number of anilines is 2. The molecule has 0 saturated carbocycles. The number of imide groups is 1. The number of halogens is 3. The molecule has 1 atom stereocenters. The second kappa shape index (κ2) is 16.4. The number of carbonyl (C=O) groups excluding carboxylic acids is 3. The largest absolute Gasteiger partial charge is 0.496 e. The van der Waals surface area contributed by atoms with Crippen LogP contribution in [0.5, 0.6) is 11.5 Å². The number of nitrogens with zero attached hydrogens (tertiary/aromatic N) is 5. The molecule has 11 nitrogen and oxygen atoms in total. The molecule has 0 bridgehead atoms. The third kappa shape index (κ3) is 8.28. The van der Waals surface area contributed by atoms with Crippen molar-refractivity contribution in [3.8, 4) is 17.6 Å². The molecule has 0 aromatic heterocycles. The van der Waals surface area contributed by atoms with Crippen LogP contribution in [0.1, 0.15) is 82.6 Å². The van der Waals surface area contributed by atoms with E-state index in [1.807, 2.05) is 23.1 Å². The number of piperidine rings is 2. The SMILES string of the molecule is COc1cc(N2CCN(CCCCOc3ccc(C4CCN(c5ccc(C#N)c(C(F)(F)F)c5)CC4)c(C)c3)CC2)cc2c1C(=O)N(C1CCC(=O)NC1=O)C2. The summed E-state index contributed by atoms with van der Waals surface area (Å²) >= 11 is 0. The smallest absolute Gasteiger partial charge is 0.417 e. The first-order chi connectivity index (χ1) is 26.9. The first-order valence-electron chi connectivity index (χ1n) is 19.4. The van der Waals surface area contributed by atoms with E-state index in [2.05, 4.69) is 34.2 Å². The van der Waals surface area contributed by atoms with Crippen molar-refractivity contribution in [3.05, 3.63) is 81.9 Å². The number of aryl methyl sites for hydroxylation is 1. The van der Waals surface area contributed by atoms with Crippen molar-refractivity contribution >= 4 is 29.1 Å². The second-order valence-corrected chi connectivity index (χ2v) is 15.1. The maximum Gasteiger partial charge on any atom is 0.417 e. The van der Waals surface area contributed by atoms with Gasteiger partial charge < -0.3 is 24.2 Å². The van der Waals surface area contributed by atoms with E-state index >= 15 is 0 Å².